The monoisotopic (exact) mass is 423 g/mol. The van der Waals surface area contributed by atoms with E-state index in [1.54, 1.807) is 13.4 Å². The molecule has 0 atom stereocenters. The molecule has 2 N–H and O–H groups in total. The molecule has 4 rings (SSSR count). The third-order valence-corrected chi connectivity index (χ3v) is 5.25. The average molecular weight is 424 g/mol. The molecule has 0 radical (unpaired) electrons. The Hall–Kier alpha value is -3.26. The lowest BCUT2D eigenvalue weighted by Gasteiger charge is -2.26. The lowest BCUT2D eigenvalue weighted by molar-refractivity contribution is 0.183. The van der Waals surface area contributed by atoms with Crippen LogP contribution >= 0.6 is 0 Å². The molecule has 1 aromatic carbocycles. The third kappa shape index (κ3) is 6.11. The number of aromatic nitrogens is 2. The first-order valence-corrected chi connectivity index (χ1v) is 10.7. The predicted molar refractivity (Wildman–Crippen MR) is 120 cm³/mol. The molecule has 1 aliphatic heterocycles. The maximum Gasteiger partial charge on any atom is 0.146 e. The van der Waals surface area contributed by atoms with Crippen molar-refractivity contribution in [1.82, 2.24) is 14.9 Å². The van der Waals surface area contributed by atoms with E-state index in [0.29, 0.717) is 30.5 Å². The van der Waals surface area contributed by atoms with Crippen LogP contribution in [0.3, 0.4) is 0 Å². The van der Waals surface area contributed by atoms with Crippen LogP contribution in [0.2, 0.25) is 0 Å². The highest BCUT2D eigenvalue weighted by molar-refractivity contribution is 5.66. The molecule has 0 spiro atoms. The van der Waals surface area contributed by atoms with Gasteiger partial charge >= 0.3 is 0 Å². The van der Waals surface area contributed by atoms with Gasteiger partial charge in [0.15, 0.2) is 0 Å². The molecule has 8 nitrogen and oxygen atoms in total. The number of methoxy groups -OCH3 is 1. The summed E-state index contributed by atoms with van der Waals surface area (Å²) >= 11 is 0. The van der Waals surface area contributed by atoms with Gasteiger partial charge in [-0.15, -0.1) is 0 Å². The Bertz CT molecular complexity index is 942. The van der Waals surface area contributed by atoms with Crippen molar-refractivity contribution in [3.05, 3.63) is 54.7 Å². The second-order valence-corrected chi connectivity index (χ2v) is 7.46. The van der Waals surface area contributed by atoms with E-state index in [0.717, 1.165) is 23.7 Å². The maximum atomic E-state index is 5.95. The van der Waals surface area contributed by atoms with Crippen LogP contribution in [0.1, 0.15) is 25.0 Å². The number of ether oxygens (including phenoxy) is 2. The molecule has 164 valence electrons. The Labute approximate surface area is 182 Å². The Kier molecular flexibility index (Phi) is 7.23. The van der Waals surface area contributed by atoms with Gasteiger partial charge in [-0.3, -0.25) is 4.90 Å². The van der Waals surface area contributed by atoms with Crippen molar-refractivity contribution in [1.29, 1.82) is 0 Å². The minimum Gasteiger partial charge on any atom is -0.494 e. The van der Waals surface area contributed by atoms with E-state index in [-0.39, 0.29) is 0 Å². The lowest BCUT2D eigenvalue weighted by Crippen LogP contribution is -2.33. The molecule has 8 heteroatoms. The highest BCUT2D eigenvalue weighted by atomic mass is 16.5. The van der Waals surface area contributed by atoms with E-state index in [2.05, 4.69) is 25.5 Å². The van der Waals surface area contributed by atoms with Crippen LogP contribution < -0.4 is 20.1 Å². The second kappa shape index (κ2) is 10.7. The number of likely N-dealkylation sites (tertiary alicyclic amines) is 1. The number of furan rings is 1. The van der Waals surface area contributed by atoms with Crippen LogP contribution in [0.25, 0.3) is 0 Å². The van der Waals surface area contributed by atoms with Gasteiger partial charge in [-0.1, -0.05) is 6.42 Å². The zero-order valence-corrected chi connectivity index (χ0v) is 17.8. The molecule has 0 unspecified atom stereocenters. The molecule has 3 aromatic rings. The van der Waals surface area contributed by atoms with Crippen molar-refractivity contribution in [2.45, 2.75) is 25.8 Å². The number of benzene rings is 1. The predicted octanol–water partition coefficient (Wildman–Crippen LogP) is 4.30. The maximum absolute atomic E-state index is 5.95. The molecule has 0 bridgehead atoms. The quantitative estimate of drug-likeness (QED) is 0.499. The van der Waals surface area contributed by atoms with Crippen LogP contribution in [-0.4, -0.2) is 48.2 Å². The summed E-state index contributed by atoms with van der Waals surface area (Å²) in [5.41, 5.74) is 0.807. The Morgan fingerprint density at radius 1 is 1.06 bits per heavy atom. The van der Waals surface area contributed by atoms with Gasteiger partial charge in [0.05, 0.1) is 25.6 Å². The van der Waals surface area contributed by atoms with Crippen molar-refractivity contribution >= 4 is 17.3 Å². The van der Waals surface area contributed by atoms with E-state index in [1.165, 1.54) is 38.7 Å². The largest absolute Gasteiger partial charge is 0.494 e. The molecular weight excluding hydrogens is 394 g/mol. The molecular formula is C23H29N5O3. The fourth-order valence-corrected chi connectivity index (χ4v) is 3.59. The first-order chi connectivity index (χ1) is 15.3. The van der Waals surface area contributed by atoms with Crippen LogP contribution in [-0.2, 0) is 6.54 Å². The summed E-state index contributed by atoms with van der Waals surface area (Å²) in [5, 5.41) is 6.51. The molecule has 31 heavy (non-hydrogen) atoms. The summed E-state index contributed by atoms with van der Waals surface area (Å²) in [5.74, 6) is 3.69. The number of nitrogens with one attached hydrogen (secondary N) is 2. The van der Waals surface area contributed by atoms with Gasteiger partial charge in [0, 0.05) is 18.7 Å². The number of hydrogen-bond acceptors (Lipinski definition) is 8. The molecule has 1 aliphatic rings. The first kappa shape index (κ1) is 21.0. The summed E-state index contributed by atoms with van der Waals surface area (Å²) in [6.07, 6.45) is 7.08. The number of piperidine rings is 1. The molecule has 0 amide bonds. The van der Waals surface area contributed by atoms with E-state index >= 15 is 0 Å². The topological polar surface area (TPSA) is 84.7 Å². The minimum absolute atomic E-state index is 0.552. The van der Waals surface area contributed by atoms with E-state index < -0.39 is 0 Å². The van der Waals surface area contributed by atoms with Crippen LogP contribution in [0, 0.1) is 0 Å². The van der Waals surface area contributed by atoms with Gasteiger partial charge in [-0.05, 0) is 50.2 Å². The number of hydrogen-bond donors (Lipinski definition) is 2. The Balaban J connectivity index is 1.34. The Morgan fingerprint density at radius 2 is 1.94 bits per heavy atom. The minimum atomic E-state index is 0.552. The molecule has 0 aliphatic carbocycles. The highest BCUT2D eigenvalue weighted by Crippen LogP contribution is 2.31. The van der Waals surface area contributed by atoms with Gasteiger partial charge in [-0.2, -0.15) is 0 Å². The van der Waals surface area contributed by atoms with Crippen LogP contribution in [0.5, 0.6) is 11.5 Å². The molecule has 0 saturated carbocycles. The number of nitrogens with zero attached hydrogens (tertiary/aromatic N) is 3. The number of anilines is 3. The van der Waals surface area contributed by atoms with Crippen LogP contribution in [0.15, 0.2) is 53.4 Å². The van der Waals surface area contributed by atoms with Crippen molar-refractivity contribution < 1.29 is 13.9 Å². The van der Waals surface area contributed by atoms with Gasteiger partial charge in [0.2, 0.25) is 0 Å². The van der Waals surface area contributed by atoms with Crippen molar-refractivity contribution in [3.8, 4) is 11.5 Å². The van der Waals surface area contributed by atoms with E-state index in [4.69, 9.17) is 13.9 Å². The normalized spacial score (nSPS) is 14.2. The summed E-state index contributed by atoms with van der Waals surface area (Å²) in [6, 6.07) is 11.4. The summed E-state index contributed by atoms with van der Waals surface area (Å²) in [6.45, 7) is 4.53. The molecule has 1 saturated heterocycles. The van der Waals surface area contributed by atoms with Gasteiger partial charge in [0.1, 0.15) is 41.8 Å². The van der Waals surface area contributed by atoms with Crippen molar-refractivity contribution in [2.24, 2.45) is 0 Å². The average Bonchev–Trinajstić information content (AvgIpc) is 3.33. The fourth-order valence-electron chi connectivity index (χ4n) is 3.59. The van der Waals surface area contributed by atoms with E-state index in [1.807, 2.05) is 36.4 Å². The highest BCUT2D eigenvalue weighted by Gasteiger charge is 2.11. The van der Waals surface area contributed by atoms with Crippen molar-refractivity contribution in [2.75, 3.05) is 44.0 Å². The van der Waals surface area contributed by atoms with Gasteiger partial charge < -0.3 is 24.5 Å². The molecule has 2 aromatic heterocycles. The second-order valence-electron chi connectivity index (χ2n) is 7.46. The third-order valence-electron chi connectivity index (χ3n) is 5.25. The van der Waals surface area contributed by atoms with Crippen LogP contribution in [0.4, 0.5) is 17.3 Å². The van der Waals surface area contributed by atoms with Crippen molar-refractivity contribution in [3.63, 3.8) is 0 Å². The zero-order valence-electron chi connectivity index (χ0n) is 17.8. The SMILES string of the molecule is COc1cc(OCCN2CCCCC2)ccc1Nc1cc(NCc2ccco2)ncn1. The summed E-state index contributed by atoms with van der Waals surface area (Å²) < 4.78 is 16.8. The smallest absolute Gasteiger partial charge is 0.146 e. The summed E-state index contributed by atoms with van der Waals surface area (Å²) in [7, 11) is 1.65. The first-order valence-electron chi connectivity index (χ1n) is 10.7. The van der Waals surface area contributed by atoms with Gasteiger partial charge in [0.25, 0.3) is 0 Å². The molecule has 1 fully saturated rings. The standard InChI is InChI=1S/C23H29N5O3/c1-29-21-14-18(31-13-11-28-9-3-2-4-10-28)7-8-20(21)27-23-15-22(25-17-26-23)24-16-19-6-5-12-30-19/h5-8,12,14-15,17H,2-4,9-11,13,16H2,1H3,(H2,24,25,26,27). The lowest BCUT2D eigenvalue weighted by atomic mass is 10.1. The van der Waals surface area contributed by atoms with E-state index in [9.17, 15) is 0 Å². The Morgan fingerprint density at radius 3 is 2.74 bits per heavy atom. The molecule has 3 heterocycles. The zero-order chi connectivity index (χ0) is 21.3. The fraction of sp³-hybridized carbons (Fsp3) is 0.391. The summed E-state index contributed by atoms with van der Waals surface area (Å²) in [4.78, 5) is 11.0. The number of rotatable bonds is 10. The van der Waals surface area contributed by atoms with Gasteiger partial charge in [-0.25, -0.2) is 9.97 Å².